The number of rotatable bonds is 5. The van der Waals surface area contributed by atoms with Gasteiger partial charge in [0, 0.05) is 24.2 Å². The van der Waals surface area contributed by atoms with Crippen LogP contribution < -0.4 is 10.8 Å². The van der Waals surface area contributed by atoms with Crippen LogP contribution in [-0.4, -0.2) is 10.8 Å². The Morgan fingerprint density at radius 1 is 1.29 bits per heavy atom. The molecule has 0 amide bonds. The number of nitro groups is 1. The van der Waals surface area contributed by atoms with Crippen LogP contribution in [0.5, 0.6) is 0 Å². The van der Waals surface area contributed by atoms with Crippen molar-refractivity contribution in [2.45, 2.75) is 26.4 Å². The molecule has 7 heteroatoms. The minimum Gasteiger partial charge on any atom is -0.391 e. The maximum absolute atomic E-state index is 11.5. The lowest BCUT2D eigenvalue weighted by atomic mass is 10.1. The fourth-order valence-electron chi connectivity index (χ4n) is 2.59. The van der Waals surface area contributed by atoms with Crippen LogP contribution in [0.1, 0.15) is 31.1 Å². The zero-order valence-corrected chi connectivity index (χ0v) is 13.4. The van der Waals surface area contributed by atoms with E-state index in [1.165, 1.54) is 6.07 Å². The first-order valence-corrected chi connectivity index (χ1v) is 7.68. The number of nitrogens with zero attached hydrogens (tertiary/aromatic N) is 2. The smallest absolute Gasteiger partial charge is 0.293 e. The van der Waals surface area contributed by atoms with Crippen LogP contribution in [0.2, 0.25) is 0 Å². The number of aliphatic imine (C=N–C) groups is 1. The Hall–Kier alpha value is -2.93. The summed E-state index contributed by atoms with van der Waals surface area (Å²) in [5, 5.41) is 14.6. The lowest BCUT2D eigenvalue weighted by Crippen LogP contribution is -2.14. The van der Waals surface area contributed by atoms with E-state index >= 15 is 0 Å². The normalized spacial score (nSPS) is 16.4. The molecule has 0 aromatic heterocycles. The number of hydroxylamine groups is 1. The number of hydrogen-bond acceptors (Lipinski definition) is 6. The molecule has 0 spiro atoms. The van der Waals surface area contributed by atoms with Gasteiger partial charge in [0.05, 0.1) is 4.92 Å². The third kappa shape index (κ3) is 3.21. The van der Waals surface area contributed by atoms with Crippen molar-refractivity contribution < 1.29 is 9.76 Å². The molecule has 2 aromatic rings. The molecule has 2 N–H and O–H groups in total. The van der Waals surface area contributed by atoms with Crippen molar-refractivity contribution >= 4 is 23.0 Å². The van der Waals surface area contributed by atoms with E-state index in [4.69, 9.17) is 4.84 Å². The summed E-state index contributed by atoms with van der Waals surface area (Å²) in [5.74, 6) is 0.502. The van der Waals surface area contributed by atoms with Crippen LogP contribution in [0.15, 0.2) is 47.5 Å². The van der Waals surface area contributed by atoms with Gasteiger partial charge in [-0.05, 0) is 24.1 Å². The third-order valence-corrected chi connectivity index (χ3v) is 3.83. The van der Waals surface area contributed by atoms with Gasteiger partial charge in [0.15, 0.2) is 6.17 Å². The predicted octanol–water partition coefficient (Wildman–Crippen LogP) is 3.85. The van der Waals surface area contributed by atoms with Gasteiger partial charge in [0.2, 0.25) is 5.90 Å². The SMILES string of the molecule is CCc1ccccc1Nc1ccc(C2N=C(C)ON2)cc1[N+](=O)[O-]. The van der Waals surface area contributed by atoms with E-state index in [1.54, 1.807) is 19.1 Å². The van der Waals surface area contributed by atoms with E-state index in [2.05, 4.69) is 15.8 Å². The molecule has 1 heterocycles. The molecule has 1 aliphatic rings. The van der Waals surface area contributed by atoms with Crippen molar-refractivity contribution in [3.05, 3.63) is 63.7 Å². The Balaban J connectivity index is 1.95. The second-order valence-electron chi connectivity index (χ2n) is 5.44. The van der Waals surface area contributed by atoms with Crippen LogP contribution in [0, 0.1) is 10.1 Å². The molecule has 2 aromatic carbocycles. The van der Waals surface area contributed by atoms with E-state index in [9.17, 15) is 10.1 Å². The van der Waals surface area contributed by atoms with Crippen LogP contribution in [0.3, 0.4) is 0 Å². The van der Waals surface area contributed by atoms with Crippen molar-refractivity contribution in [1.82, 2.24) is 5.48 Å². The largest absolute Gasteiger partial charge is 0.391 e. The number of aryl methyl sites for hydroxylation is 1. The van der Waals surface area contributed by atoms with Gasteiger partial charge in [-0.2, -0.15) is 0 Å². The first-order chi connectivity index (χ1) is 11.6. The van der Waals surface area contributed by atoms with E-state index in [-0.39, 0.29) is 5.69 Å². The van der Waals surface area contributed by atoms with Gasteiger partial charge in [-0.15, -0.1) is 5.48 Å². The molecular formula is C17H18N4O3. The van der Waals surface area contributed by atoms with Crippen LogP contribution in [0.25, 0.3) is 0 Å². The molecule has 124 valence electrons. The summed E-state index contributed by atoms with van der Waals surface area (Å²) in [5.41, 5.74) is 5.82. The minimum absolute atomic E-state index is 0.0000378. The Morgan fingerprint density at radius 3 is 2.75 bits per heavy atom. The maximum Gasteiger partial charge on any atom is 0.293 e. The predicted molar refractivity (Wildman–Crippen MR) is 92.3 cm³/mol. The molecule has 0 radical (unpaired) electrons. The van der Waals surface area contributed by atoms with Crippen molar-refractivity contribution in [2.24, 2.45) is 4.99 Å². The van der Waals surface area contributed by atoms with Gasteiger partial charge in [-0.1, -0.05) is 31.2 Å². The molecule has 24 heavy (non-hydrogen) atoms. The molecule has 1 unspecified atom stereocenters. The highest BCUT2D eigenvalue weighted by molar-refractivity contribution is 5.75. The Morgan fingerprint density at radius 2 is 2.08 bits per heavy atom. The number of benzene rings is 2. The monoisotopic (exact) mass is 326 g/mol. The summed E-state index contributed by atoms with van der Waals surface area (Å²) in [4.78, 5) is 20.4. The van der Waals surface area contributed by atoms with Gasteiger partial charge in [-0.25, -0.2) is 4.99 Å². The van der Waals surface area contributed by atoms with E-state index in [0.717, 1.165) is 17.7 Å². The molecule has 1 aliphatic heterocycles. The standard InChI is InChI=1S/C17H18N4O3/c1-3-12-6-4-5-7-14(12)19-15-9-8-13(10-16(15)21(22)23)17-18-11(2)24-20-17/h4-10,17,19-20H,3H2,1-2H3. The molecule has 0 aliphatic carbocycles. The van der Waals surface area contributed by atoms with Crippen LogP contribution in [0.4, 0.5) is 17.1 Å². The average Bonchev–Trinajstić information content (AvgIpc) is 3.02. The summed E-state index contributed by atoms with van der Waals surface area (Å²) in [7, 11) is 0. The third-order valence-electron chi connectivity index (χ3n) is 3.83. The lowest BCUT2D eigenvalue weighted by molar-refractivity contribution is -0.384. The number of nitrogens with one attached hydrogen (secondary N) is 2. The lowest BCUT2D eigenvalue weighted by Gasteiger charge is -2.13. The van der Waals surface area contributed by atoms with Crippen molar-refractivity contribution in [2.75, 3.05) is 5.32 Å². The van der Waals surface area contributed by atoms with Gasteiger partial charge in [-0.3, -0.25) is 10.1 Å². The molecule has 0 saturated heterocycles. The Labute approximate surface area is 139 Å². The van der Waals surface area contributed by atoms with Gasteiger partial charge in [0.1, 0.15) is 5.69 Å². The summed E-state index contributed by atoms with van der Waals surface area (Å²) in [6, 6.07) is 12.8. The summed E-state index contributed by atoms with van der Waals surface area (Å²) in [6.07, 6.45) is 0.410. The molecular weight excluding hydrogens is 308 g/mol. The van der Waals surface area contributed by atoms with Crippen LogP contribution in [-0.2, 0) is 11.3 Å². The maximum atomic E-state index is 11.5. The average molecular weight is 326 g/mol. The number of nitro benzene ring substituents is 1. The fourth-order valence-corrected chi connectivity index (χ4v) is 2.59. The highest BCUT2D eigenvalue weighted by Gasteiger charge is 2.22. The molecule has 7 nitrogen and oxygen atoms in total. The first-order valence-electron chi connectivity index (χ1n) is 7.68. The zero-order valence-electron chi connectivity index (χ0n) is 13.4. The molecule has 0 saturated carbocycles. The Kier molecular flexibility index (Phi) is 4.43. The minimum atomic E-state index is -0.430. The van der Waals surface area contributed by atoms with E-state index in [1.807, 2.05) is 31.2 Å². The van der Waals surface area contributed by atoms with Crippen LogP contribution >= 0.6 is 0 Å². The molecule has 0 fully saturated rings. The van der Waals surface area contributed by atoms with Gasteiger partial charge in [0.25, 0.3) is 5.69 Å². The Bertz CT molecular complexity index is 804. The van der Waals surface area contributed by atoms with Gasteiger partial charge >= 0.3 is 0 Å². The van der Waals surface area contributed by atoms with Crippen molar-refractivity contribution in [3.63, 3.8) is 0 Å². The molecule has 0 bridgehead atoms. The summed E-state index contributed by atoms with van der Waals surface area (Å²) in [6.45, 7) is 3.77. The highest BCUT2D eigenvalue weighted by Crippen LogP contribution is 2.32. The highest BCUT2D eigenvalue weighted by atomic mass is 16.7. The number of hydrogen-bond donors (Lipinski definition) is 2. The molecule has 1 atom stereocenters. The summed E-state index contributed by atoms with van der Waals surface area (Å²) >= 11 is 0. The van der Waals surface area contributed by atoms with Crippen molar-refractivity contribution in [1.29, 1.82) is 0 Å². The fraction of sp³-hybridized carbons (Fsp3) is 0.235. The summed E-state index contributed by atoms with van der Waals surface area (Å²) < 4.78 is 0. The topological polar surface area (TPSA) is 88.8 Å². The first kappa shape index (κ1) is 15.9. The second-order valence-corrected chi connectivity index (χ2v) is 5.44. The van der Waals surface area contributed by atoms with E-state index < -0.39 is 11.1 Å². The van der Waals surface area contributed by atoms with Crippen molar-refractivity contribution in [3.8, 4) is 0 Å². The quantitative estimate of drug-likeness (QED) is 0.643. The number of anilines is 2. The van der Waals surface area contributed by atoms with Gasteiger partial charge < -0.3 is 10.2 Å². The zero-order chi connectivity index (χ0) is 17.1. The second kappa shape index (κ2) is 6.67. The molecule has 3 rings (SSSR count). The number of para-hydroxylation sites is 1. The van der Waals surface area contributed by atoms with E-state index in [0.29, 0.717) is 17.1 Å².